The van der Waals surface area contributed by atoms with E-state index in [2.05, 4.69) is 21.2 Å². The van der Waals surface area contributed by atoms with E-state index < -0.39 is 0 Å². The van der Waals surface area contributed by atoms with Gasteiger partial charge in [-0.15, -0.1) is 11.3 Å². The minimum Gasteiger partial charge on any atom is -0.305 e. The number of hydrogen-bond acceptors (Lipinski definition) is 2. The molecule has 0 spiro atoms. The van der Waals surface area contributed by atoms with Crippen LogP contribution in [0.25, 0.3) is 0 Å². The molecule has 0 fully saturated rings. The van der Waals surface area contributed by atoms with Gasteiger partial charge in [-0.05, 0) is 37.3 Å². The maximum atomic E-state index is 13.5. The quantitative estimate of drug-likeness (QED) is 0.805. The van der Waals surface area contributed by atoms with Gasteiger partial charge in [0.1, 0.15) is 5.82 Å². The lowest BCUT2D eigenvalue weighted by atomic mass is 10.2. The Morgan fingerprint density at radius 2 is 2.17 bits per heavy atom. The van der Waals surface area contributed by atoms with E-state index in [1.165, 1.54) is 17.4 Å². The first kappa shape index (κ1) is 14.0. The van der Waals surface area contributed by atoms with Crippen LogP contribution >= 0.6 is 38.9 Å². The van der Waals surface area contributed by atoms with Gasteiger partial charge in [0.2, 0.25) is 0 Å². The Balaban J connectivity index is 2.01. The topological polar surface area (TPSA) is 12.0 Å². The van der Waals surface area contributed by atoms with E-state index in [0.29, 0.717) is 12.1 Å². The Morgan fingerprint density at radius 1 is 1.39 bits per heavy atom. The molecule has 0 saturated carbocycles. The third-order valence-corrected chi connectivity index (χ3v) is 4.53. The molecule has 0 bridgehead atoms. The van der Waals surface area contributed by atoms with Crippen LogP contribution in [0, 0.1) is 5.82 Å². The van der Waals surface area contributed by atoms with Crippen molar-refractivity contribution in [2.45, 2.75) is 19.5 Å². The number of rotatable bonds is 4. The van der Waals surface area contributed by atoms with Crippen LogP contribution in [0.2, 0.25) is 4.34 Å². The minimum atomic E-state index is -0.192. The molecule has 18 heavy (non-hydrogen) atoms. The fourth-order valence-corrected chi connectivity index (χ4v) is 3.10. The van der Waals surface area contributed by atoms with Crippen molar-refractivity contribution in [1.29, 1.82) is 0 Å². The maximum absolute atomic E-state index is 13.5. The Hall–Kier alpha value is -0.420. The van der Waals surface area contributed by atoms with Crippen LogP contribution in [0.15, 0.2) is 34.8 Å². The molecule has 2 aromatic rings. The summed E-state index contributed by atoms with van der Waals surface area (Å²) in [6.07, 6.45) is 0. The van der Waals surface area contributed by atoms with E-state index in [0.717, 1.165) is 13.7 Å². The monoisotopic (exact) mass is 347 g/mol. The lowest BCUT2D eigenvalue weighted by Crippen LogP contribution is -2.17. The molecule has 96 valence electrons. The van der Waals surface area contributed by atoms with Crippen LogP contribution in [-0.2, 0) is 6.54 Å². The third kappa shape index (κ3) is 3.54. The van der Waals surface area contributed by atoms with Crippen LogP contribution in [0.4, 0.5) is 4.39 Å². The Kier molecular flexibility index (Phi) is 4.78. The molecule has 0 aliphatic rings. The van der Waals surface area contributed by atoms with Gasteiger partial charge in [-0.1, -0.05) is 27.5 Å². The highest BCUT2D eigenvalue weighted by Crippen LogP contribution is 2.27. The Morgan fingerprint density at radius 3 is 2.83 bits per heavy atom. The number of benzene rings is 1. The van der Waals surface area contributed by atoms with E-state index in [4.69, 9.17) is 11.6 Å². The molecule has 0 aliphatic carbocycles. The molecule has 2 rings (SSSR count). The molecule has 1 unspecified atom stereocenters. The lowest BCUT2D eigenvalue weighted by molar-refractivity contribution is 0.549. The molecule has 5 heteroatoms. The van der Waals surface area contributed by atoms with Crippen molar-refractivity contribution in [2.75, 3.05) is 0 Å². The predicted octanol–water partition coefficient (Wildman–Crippen LogP) is 5.15. The van der Waals surface area contributed by atoms with Crippen LogP contribution in [-0.4, -0.2) is 0 Å². The van der Waals surface area contributed by atoms with Gasteiger partial charge in [-0.3, -0.25) is 0 Å². The second-order valence-corrected chi connectivity index (χ2v) is 6.64. The summed E-state index contributed by atoms with van der Waals surface area (Å²) < 4.78 is 15.2. The number of nitrogens with one attached hydrogen (secondary N) is 1. The standard InChI is InChI=1S/C13H12BrClFNS/c1-8(12-4-5-13(15)18-12)17-7-9-6-10(14)2-3-11(9)16/h2-6,8,17H,7H2,1H3. The van der Waals surface area contributed by atoms with E-state index >= 15 is 0 Å². The molecule has 1 N–H and O–H groups in total. The molecule has 0 radical (unpaired) electrons. The highest BCUT2D eigenvalue weighted by Gasteiger charge is 2.09. The molecular weight excluding hydrogens is 337 g/mol. The number of thiophene rings is 1. The van der Waals surface area contributed by atoms with E-state index in [9.17, 15) is 4.39 Å². The Labute approximate surface area is 123 Å². The van der Waals surface area contributed by atoms with Gasteiger partial charge >= 0.3 is 0 Å². The van der Waals surface area contributed by atoms with Gasteiger partial charge in [0.15, 0.2) is 0 Å². The van der Waals surface area contributed by atoms with Crippen molar-refractivity contribution in [2.24, 2.45) is 0 Å². The number of halogens is 3. The average Bonchev–Trinajstić information content (AvgIpc) is 2.77. The smallest absolute Gasteiger partial charge is 0.127 e. The zero-order valence-corrected chi connectivity index (χ0v) is 12.9. The normalized spacial score (nSPS) is 12.7. The van der Waals surface area contributed by atoms with Crippen molar-refractivity contribution in [3.05, 3.63) is 55.4 Å². The summed E-state index contributed by atoms with van der Waals surface area (Å²) in [6, 6.07) is 8.97. The highest BCUT2D eigenvalue weighted by atomic mass is 79.9. The second-order valence-electron chi connectivity index (χ2n) is 3.98. The minimum absolute atomic E-state index is 0.154. The summed E-state index contributed by atoms with van der Waals surface area (Å²) in [5, 5.41) is 3.29. The first-order chi connectivity index (χ1) is 8.56. The van der Waals surface area contributed by atoms with Gasteiger partial charge in [0.05, 0.1) is 4.34 Å². The van der Waals surface area contributed by atoms with Gasteiger partial charge in [0.25, 0.3) is 0 Å². The molecule has 1 nitrogen and oxygen atoms in total. The molecule has 1 aromatic carbocycles. The zero-order valence-electron chi connectivity index (χ0n) is 9.71. The van der Waals surface area contributed by atoms with E-state index in [-0.39, 0.29) is 11.9 Å². The van der Waals surface area contributed by atoms with Gasteiger partial charge in [-0.25, -0.2) is 4.39 Å². The molecule has 1 atom stereocenters. The molecular formula is C13H12BrClFNS. The zero-order chi connectivity index (χ0) is 13.1. The van der Waals surface area contributed by atoms with Crippen molar-refractivity contribution in [1.82, 2.24) is 5.32 Å². The predicted molar refractivity (Wildman–Crippen MR) is 78.7 cm³/mol. The maximum Gasteiger partial charge on any atom is 0.127 e. The van der Waals surface area contributed by atoms with Gasteiger partial charge < -0.3 is 5.32 Å². The van der Waals surface area contributed by atoms with Crippen molar-refractivity contribution < 1.29 is 4.39 Å². The van der Waals surface area contributed by atoms with Crippen molar-refractivity contribution in [3.63, 3.8) is 0 Å². The summed E-state index contributed by atoms with van der Waals surface area (Å²) in [6.45, 7) is 2.53. The summed E-state index contributed by atoms with van der Waals surface area (Å²) >= 11 is 10.8. The van der Waals surface area contributed by atoms with Gasteiger partial charge in [0, 0.05) is 27.5 Å². The first-order valence-corrected chi connectivity index (χ1v) is 7.47. The van der Waals surface area contributed by atoms with Gasteiger partial charge in [-0.2, -0.15) is 0 Å². The van der Waals surface area contributed by atoms with Crippen LogP contribution in [0.5, 0.6) is 0 Å². The molecule has 1 heterocycles. The van der Waals surface area contributed by atoms with Crippen LogP contribution < -0.4 is 5.32 Å². The molecule has 0 saturated heterocycles. The number of hydrogen-bond donors (Lipinski definition) is 1. The molecule has 1 aromatic heterocycles. The van der Waals surface area contributed by atoms with Crippen LogP contribution in [0.3, 0.4) is 0 Å². The van der Waals surface area contributed by atoms with Crippen LogP contribution in [0.1, 0.15) is 23.4 Å². The summed E-state index contributed by atoms with van der Waals surface area (Å²) in [4.78, 5) is 1.15. The van der Waals surface area contributed by atoms with E-state index in [1.54, 1.807) is 12.1 Å². The largest absolute Gasteiger partial charge is 0.305 e. The summed E-state index contributed by atoms with van der Waals surface area (Å²) in [5.41, 5.74) is 0.652. The molecule has 0 aliphatic heterocycles. The third-order valence-electron chi connectivity index (χ3n) is 2.63. The molecule has 0 amide bonds. The average molecular weight is 349 g/mol. The van der Waals surface area contributed by atoms with Crippen molar-refractivity contribution in [3.8, 4) is 0 Å². The summed E-state index contributed by atoms with van der Waals surface area (Å²) in [5.74, 6) is -0.192. The van der Waals surface area contributed by atoms with Crippen molar-refractivity contribution >= 4 is 38.9 Å². The fourth-order valence-electron chi connectivity index (χ4n) is 1.60. The van der Waals surface area contributed by atoms with E-state index in [1.807, 2.05) is 19.1 Å². The Bertz CT molecular complexity index is 544. The fraction of sp³-hybridized carbons (Fsp3) is 0.231. The highest BCUT2D eigenvalue weighted by molar-refractivity contribution is 9.10. The lowest BCUT2D eigenvalue weighted by Gasteiger charge is -2.12. The SMILES string of the molecule is CC(NCc1cc(Br)ccc1F)c1ccc(Cl)s1. The summed E-state index contributed by atoms with van der Waals surface area (Å²) in [7, 11) is 0. The second kappa shape index (κ2) is 6.15. The first-order valence-electron chi connectivity index (χ1n) is 5.49.